The van der Waals surface area contributed by atoms with Gasteiger partial charge in [-0.1, -0.05) is 6.07 Å². The lowest BCUT2D eigenvalue weighted by molar-refractivity contribution is -0.116. The second kappa shape index (κ2) is 8.71. The van der Waals surface area contributed by atoms with Crippen LogP contribution in [0.2, 0.25) is 0 Å². The van der Waals surface area contributed by atoms with Crippen LogP contribution in [0.15, 0.2) is 59.2 Å². The van der Waals surface area contributed by atoms with Gasteiger partial charge >= 0.3 is 0 Å². The number of hydrogen-bond donors (Lipinski definition) is 1. The molecule has 4 rings (SSSR count). The van der Waals surface area contributed by atoms with Crippen molar-refractivity contribution in [3.8, 4) is 17.6 Å². The number of Topliss-reactive ketones (excluding diaryl/α,β-unsaturated/α-hetero) is 1. The molecular formula is C24H20F2N2O4. The fourth-order valence-electron chi connectivity index (χ4n) is 4.03. The van der Waals surface area contributed by atoms with E-state index in [1.54, 1.807) is 18.2 Å². The number of rotatable bonds is 5. The van der Waals surface area contributed by atoms with Crippen LogP contribution < -0.4 is 15.2 Å². The largest absolute Gasteiger partial charge is 0.496 e. The van der Waals surface area contributed by atoms with Crippen LogP contribution in [0.4, 0.5) is 8.78 Å². The molecule has 2 N–H and O–H groups in total. The molecule has 0 bridgehead atoms. The molecule has 1 aliphatic heterocycles. The van der Waals surface area contributed by atoms with Gasteiger partial charge in [0.1, 0.15) is 35.6 Å². The fourth-order valence-corrected chi connectivity index (χ4v) is 4.03. The van der Waals surface area contributed by atoms with Gasteiger partial charge in [-0.25, -0.2) is 8.78 Å². The molecule has 6 nitrogen and oxygen atoms in total. The Morgan fingerprint density at radius 1 is 1.19 bits per heavy atom. The number of allylic oxidation sites excluding steroid dienone is 3. The third-order valence-electron chi connectivity index (χ3n) is 5.52. The number of nitriles is 1. The van der Waals surface area contributed by atoms with Crippen molar-refractivity contribution >= 4 is 5.78 Å². The number of ether oxygens (including phenoxy) is 3. The van der Waals surface area contributed by atoms with Crippen LogP contribution in [0.5, 0.6) is 11.5 Å². The Hall–Kier alpha value is -3.86. The van der Waals surface area contributed by atoms with Crippen molar-refractivity contribution in [2.75, 3.05) is 7.11 Å². The Morgan fingerprint density at radius 2 is 1.97 bits per heavy atom. The summed E-state index contributed by atoms with van der Waals surface area (Å²) < 4.78 is 43.6. The Bertz CT molecular complexity index is 1200. The minimum Gasteiger partial charge on any atom is -0.496 e. The lowest BCUT2D eigenvalue weighted by Gasteiger charge is -2.31. The van der Waals surface area contributed by atoms with Crippen molar-refractivity contribution in [2.45, 2.75) is 31.8 Å². The SMILES string of the molecule is COc1ccc([C@H]2C(C#N)=C(N)OC3=C2C(=O)CCC3)cc1COc1ccc(F)cc1F. The quantitative estimate of drug-likeness (QED) is 0.745. The molecule has 1 heterocycles. The highest BCUT2D eigenvalue weighted by atomic mass is 19.1. The molecule has 0 aromatic heterocycles. The van der Waals surface area contributed by atoms with Gasteiger partial charge in [-0.3, -0.25) is 4.79 Å². The standard InChI is InChI=1S/C24H20F2N2O4/c1-30-19-7-5-13(9-14(19)12-31-20-8-6-15(25)10-17(20)26)22-16(11-27)24(28)32-21-4-2-3-18(29)23(21)22/h5-10,22H,2-4,12,28H2,1H3/t22-/m0/s1. The van der Waals surface area contributed by atoms with Crippen molar-refractivity contribution in [2.24, 2.45) is 5.73 Å². The summed E-state index contributed by atoms with van der Waals surface area (Å²) in [5.74, 6) is -1.46. The van der Waals surface area contributed by atoms with Crippen LogP contribution in [-0.4, -0.2) is 12.9 Å². The lowest BCUT2D eigenvalue weighted by Crippen LogP contribution is -2.27. The Morgan fingerprint density at radius 3 is 2.69 bits per heavy atom. The molecule has 2 aromatic rings. The molecule has 0 amide bonds. The second-order valence-corrected chi connectivity index (χ2v) is 7.47. The number of methoxy groups -OCH3 is 1. The highest BCUT2D eigenvalue weighted by Gasteiger charge is 2.38. The highest BCUT2D eigenvalue weighted by Crippen LogP contribution is 2.44. The Balaban J connectivity index is 1.73. The van der Waals surface area contributed by atoms with Crippen LogP contribution in [0.1, 0.15) is 36.3 Å². The third kappa shape index (κ3) is 3.89. The van der Waals surface area contributed by atoms with E-state index in [1.165, 1.54) is 13.2 Å². The van der Waals surface area contributed by atoms with Crippen molar-refractivity contribution in [1.82, 2.24) is 0 Å². The van der Waals surface area contributed by atoms with E-state index in [1.807, 2.05) is 0 Å². The number of ketones is 1. The molecule has 1 atom stereocenters. The summed E-state index contributed by atoms with van der Waals surface area (Å²) in [6.45, 7) is -0.0796. The number of nitrogens with zero attached hydrogens (tertiary/aromatic N) is 1. The molecule has 0 radical (unpaired) electrons. The molecule has 2 aliphatic rings. The number of carbonyl (C=O) groups is 1. The smallest absolute Gasteiger partial charge is 0.205 e. The molecule has 0 saturated carbocycles. The third-order valence-corrected chi connectivity index (χ3v) is 5.52. The summed E-state index contributed by atoms with van der Waals surface area (Å²) in [7, 11) is 1.48. The van der Waals surface area contributed by atoms with E-state index in [4.69, 9.17) is 19.9 Å². The van der Waals surface area contributed by atoms with Gasteiger partial charge in [-0.15, -0.1) is 0 Å². The molecule has 32 heavy (non-hydrogen) atoms. The number of nitrogens with two attached hydrogens (primary N) is 1. The predicted molar refractivity (Wildman–Crippen MR) is 110 cm³/mol. The van der Waals surface area contributed by atoms with Gasteiger partial charge in [0.2, 0.25) is 5.88 Å². The molecule has 0 saturated heterocycles. The van der Waals surface area contributed by atoms with Gasteiger partial charge in [-0.05, 0) is 36.2 Å². The first-order valence-corrected chi connectivity index (χ1v) is 10.0. The monoisotopic (exact) mass is 438 g/mol. The van der Waals surface area contributed by atoms with E-state index in [9.17, 15) is 18.8 Å². The fraction of sp³-hybridized carbons (Fsp3) is 0.250. The summed E-state index contributed by atoms with van der Waals surface area (Å²) >= 11 is 0. The molecule has 1 aliphatic carbocycles. The Labute approximate surface area is 183 Å². The molecule has 164 valence electrons. The molecule has 8 heteroatoms. The lowest BCUT2D eigenvalue weighted by atomic mass is 9.77. The predicted octanol–water partition coefficient (Wildman–Crippen LogP) is 4.37. The van der Waals surface area contributed by atoms with Crippen LogP contribution >= 0.6 is 0 Å². The van der Waals surface area contributed by atoms with Crippen LogP contribution in [0.25, 0.3) is 0 Å². The molecular weight excluding hydrogens is 418 g/mol. The average Bonchev–Trinajstić information content (AvgIpc) is 2.77. The summed E-state index contributed by atoms with van der Waals surface area (Å²) in [4.78, 5) is 12.7. The minimum absolute atomic E-state index is 0.0204. The van der Waals surface area contributed by atoms with E-state index in [-0.39, 0.29) is 29.6 Å². The minimum atomic E-state index is -0.824. The first kappa shape index (κ1) is 21.4. The second-order valence-electron chi connectivity index (χ2n) is 7.47. The molecule has 0 unspecified atom stereocenters. The molecule has 0 spiro atoms. The first-order chi connectivity index (χ1) is 15.4. The highest BCUT2D eigenvalue weighted by molar-refractivity contribution is 5.99. The maximum absolute atomic E-state index is 14.0. The number of hydrogen-bond acceptors (Lipinski definition) is 6. The van der Waals surface area contributed by atoms with Crippen LogP contribution in [0.3, 0.4) is 0 Å². The van der Waals surface area contributed by atoms with E-state index >= 15 is 0 Å². The number of halogens is 2. The van der Waals surface area contributed by atoms with Gasteiger partial charge in [0.15, 0.2) is 17.3 Å². The summed E-state index contributed by atoms with van der Waals surface area (Å²) in [5.41, 5.74) is 7.77. The Kier molecular flexibility index (Phi) is 5.82. The topological polar surface area (TPSA) is 94.6 Å². The van der Waals surface area contributed by atoms with E-state index < -0.39 is 17.6 Å². The van der Waals surface area contributed by atoms with Gasteiger partial charge in [0, 0.05) is 30.0 Å². The normalized spacial score (nSPS) is 18.1. The van der Waals surface area contributed by atoms with E-state index in [0.29, 0.717) is 47.5 Å². The first-order valence-electron chi connectivity index (χ1n) is 10.0. The van der Waals surface area contributed by atoms with Gasteiger partial charge in [0.05, 0.1) is 13.0 Å². The van der Waals surface area contributed by atoms with Crippen molar-refractivity contribution < 1.29 is 27.8 Å². The number of benzene rings is 2. The van der Waals surface area contributed by atoms with E-state index in [0.717, 1.165) is 12.1 Å². The summed E-state index contributed by atoms with van der Waals surface area (Å²) in [5, 5.41) is 9.72. The van der Waals surface area contributed by atoms with Crippen molar-refractivity contribution in [3.05, 3.63) is 81.9 Å². The van der Waals surface area contributed by atoms with E-state index in [2.05, 4.69) is 6.07 Å². The van der Waals surface area contributed by atoms with Crippen LogP contribution in [-0.2, 0) is 16.1 Å². The van der Waals surface area contributed by atoms with Gasteiger partial charge in [0.25, 0.3) is 0 Å². The zero-order valence-electron chi connectivity index (χ0n) is 17.3. The summed E-state index contributed by atoms with van der Waals surface area (Å²) in [6, 6.07) is 10.3. The van der Waals surface area contributed by atoms with Crippen molar-refractivity contribution in [3.63, 3.8) is 0 Å². The average molecular weight is 438 g/mol. The van der Waals surface area contributed by atoms with Gasteiger partial charge < -0.3 is 19.9 Å². The van der Waals surface area contributed by atoms with Crippen LogP contribution in [0, 0.1) is 23.0 Å². The zero-order valence-corrected chi connectivity index (χ0v) is 17.3. The zero-order chi connectivity index (χ0) is 22.8. The molecule has 0 fully saturated rings. The number of carbonyl (C=O) groups excluding carboxylic acids is 1. The van der Waals surface area contributed by atoms with Gasteiger partial charge in [-0.2, -0.15) is 5.26 Å². The van der Waals surface area contributed by atoms with Crippen molar-refractivity contribution in [1.29, 1.82) is 5.26 Å². The maximum atomic E-state index is 14.0. The summed E-state index contributed by atoms with van der Waals surface area (Å²) in [6.07, 6.45) is 1.59. The maximum Gasteiger partial charge on any atom is 0.205 e. The molecule has 2 aromatic carbocycles.